The summed E-state index contributed by atoms with van der Waals surface area (Å²) in [5.74, 6) is 1.90. The van der Waals surface area contributed by atoms with E-state index in [1.54, 1.807) is 7.11 Å². The van der Waals surface area contributed by atoms with Gasteiger partial charge in [0.05, 0.1) is 12.9 Å². The molecule has 3 rings (SSSR count). The van der Waals surface area contributed by atoms with Crippen molar-refractivity contribution < 1.29 is 9.53 Å². The summed E-state index contributed by atoms with van der Waals surface area (Å²) < 4.78 is 7.11. The van der Waals surface area contributed by atoms with E-state index in [0.29, 0.717) is 6.42 Å². The van der Waals surface area contributed by atoms with Crippen molar-refractivity contribution in [3.63, 3.8) is 0 Å². The number of hydrogen-bond acceptors (Lipinski definition) is 5. The summed E-state index contributed by atoms with van der Waals surface area (Å²) in [5, 5.41) is 12.1. The number of ether oxygens (including phenoxy) is 1. The zero-order chi connectivity index (χ0) is 19.9. The van der Waals surface area contributed by atoms with Gasteiger partial charge in [-0.05, 0) is 41.8 Å². The van der Waals surface area contributed by atoms with E-state index < -0.39 is 0 Å². The van der Waals surface area contributed by atoms with Gasteiger partial charge in [0.1, 0.15) is 11.6 Å². The number of rotatable bonds is 8. The molecule has 1 aromatic heterocycles. The highest BCUT2D eigenvalue weighted by molar-refractivity contribution is 7.99. The van der Waals surface area contributed by atoms with Crippen LogP contribution in [0.1, 0.15) is 23.9 Å². The maximum absolute atomic E-state index is 12.2. The molecule has 28 heavy (non-hydrogen) atoms. The van der Waals surface area contributed by atoms with Crippen molar-refractivity contribution in [2.75, 3.05) is 18.2 Å². The third-order valence-electron chi connectivity index (χ3n) is 4.42. The van der Waals surface area contributed by atoms with Gasteiger partial charge in [-0.25, -0.2) is 0 Å². The normalized spacial score (nSPS) is 10.7. The molecule has 0 saturated heterocycles. The van der Waals surface area contributed by atoms with Crippen LogP contribution in [-0.2, 0) is 24.7 Å². The average molecular weight is 397 g/mol. The SMILES string of the molecule is CCc1ccc(NC(=O)CSc2nnc(Cc3ccc(OC)cc3)n2C)cc1. The Hall–Kier alpha value is -2.80. The Kier molecular flexibility index (Phi) is 6.71. The summed E-state index contributed by atoms with van der Waals surface area (Å²) in [4.78, 5) is 12.2. The quantitative estimate of drug-likeness (QED) is 0.588. The minimum Gasteiger partial charge on any atom is -0.497 e. The van der Waals surface area contributed by atoms with E-state index in [1.165, 1.54) is 17.3 Å². The summed E-state index contributed by atoms with van der Waals surface area (Å²) in [6, 6.07) is 15.8. The first kappa shape index (κ1) is 19.9. The molecule has 7 heteroatoms. The highest BCUT2D eigenvalue weighted by Crippen LogP contribution is 2.19. The number of hydrogen-bond donors (Lipinski definition) is 1. The van der Waals surface area contributed by atoms with Gasteiger partial charge in [0.2, 0.25) is 5.91 Å². The minimum atomic E-state index is -0.0612. The second-order valence-corrected chi connectivity index (χ2v) is 7.31. The van der Waals surface area contributed by atoms with Crippen LogP contribution in [0.2, 0.25) is 0 Å². The van der Waals surface area contributed by atoms with Crippen LogP contribution in [0.4, 0.5) is 5.69 Å². The Balaban J connectivity index is 1.55. The molecule has 2 aromatic carbocycles. The van der Waals surface area contributed by atoms with Crippen LogP contribution >= 0.6 is 11.8 Å². The molecule has 0 bridgehead atoms. The van der Waals surface area contributed by atoms with E-state index in [1.807, 2.05) is 60.1 Å². The molecule has 1 N–H and O–H groups in total. The van der Waals surface area contributed by atoms with Crippen molar-refractivity contribution in [2.45, 2.75) is 24.9 Å². The lowest BCUT2D eigenvalue weighted by Gasteiger charge is -2.07. The fourth-order valence-corrected chi connectivity index (χ4v) is 3.43. The number of nitrogens with one attached hydrogen (secondary N) is 1. The summed E-state index contributed by atoms with van der Waals surface area (Å²) in [7, 11) is 3.57. The third-order valence-corrected chi connectivity index (χ3v) is 5.44. The van der Waals surface area contributed by atoms with Gasteiger partial charge in [-0.15, -0.1) is 10.2 Å². The molecule has 0 atom stereocenters. The van der Waals surface area contributed by atoms with Crippen molar-refractivity contribution in [1.29, 1.82) is 0 Å². The van der Waals surface area contributed by atoms with Crippen LogP contribution < -0.4 is 10.1 Å². The molecule has 0 aliphatic carbocycles. The largest absolute Gasteiger partial charge is 0.497 e. The Labute approximate surface area is 169 Å². The number of methoxy groups -OCH3 is 1. The number of nitrogens with zero attached hydrogens (tertiary/aromatic N) is 3. The van der Waals surface area contributed by atoms with E-state index in [-0.39, 0.29) is 11.7 Å². The van der Waals surface area contributed by atoms with Crippen LogP contribution in [-0.4, -0.2) is 33.5 Å². The maximum atomic E-state index is 12.2. The second kappa shape index (κ2) is 9.41. The van der Waals surface area contributed by atoms with E-state index in [2.05, 4.69) is 22.4 Å². The summed E-state index contributed by atoms with van der Waals surface area (Å²) in [6.45, 7) is 2.11. The number of amides is 1. The van der Waals surface area contributed by atoms with Crippen molar-refractivity contribution in [1.82, 2.24) is 14.8 Å². The number of carbonyl (C=O) groups is 1. The molecule has 0 unspecified atom stereocenters. The smallest absolute Gasteiger partial charge is 0.234 e. The van der Waals surface area contributed by atoms with Gasteiger partial charge in [-0.1, -0.05) is 43.0 Å². The predicted molar refractivity (Wildman–Crippen MR) is 112 cm³/mol. The Morgan fingerprint density at radius 2 is 1.75 bits per heavy atom. The lowest BCUT2D eigenvalue weighted by atomic mass is 10.1. The fourth-order valence-electron chi connectivity index (χ4n) is 2.70. The van der Waals surface area contributed by atoms with Crippen LogP contribution in [0.15, 0.2) is 53.7 Å². The van der Waals surface area contributed by atoms with E-state index in [4.69, 9.17) is 4.74 Å². The van der Waals surface area contributed by atoms with Crippen molar-refractivity contribution >= 4 is 23.4 Å². The van der Waals surface area contributed by atoms with Crippen LogP contribution in [0, 0.1) is 0 Å². The molecular weight excluding hydrogens is 372 g/mol. The highest BCUT2D eigenvalue weighted by Gasteiger charge is 2.12. The molecule has 0 aliphatic heterocycles. The molecule has 0 spiro atoms. The lowest BCUT2D eigenvalue weighted by molar-refractivity contribution is -0.113. The molecule has 1 amide bonds. The molecular formula is C21H24N4O2S. The zero-order valence-electron chi connectivity index (χ0n) is 16.3. The minimum absolute atomic E-state index is 0.0612. The monoisotopic (exact) mass is 396 g/mol. The van der Waals surface area contributed by atoms with Gasteiger partial charge < -0.3 is 14.6 Å². The number of benzene rings is 2. The third kappa shape index (κ3) is 5.13. The van der Waals surface area contributed by atoms with Crippen LogP contribution in [0.25, 0.3) is 0 Å². The van der Waals surface area contributed by atoms with Crippen molar-refractivity contribution in [2.24, 2.45) is 7.05 Å². The predicted octanol–water partition coefficient (Wildman–Crippen LogP) is 3.71. The molecule has 0 saturated carbocycles. The van der Waals surface area contributed by atoms with Gasteiger partial charge in [0.15, 0.2) is 5.16 Å². The van der Waals surface area contributed by atoms with Gasteiger partial charge in [-0.3, -0.25) is 4.79 Å². The number of anilines is 1. The molecule has 1 heterocycles. The Morgan fingerprint density at radius 1 is 1.07 bits per heavy atom. The average Bonchev–Trinajstić information content (AvgIpc) is 3.07. The van der Waals surface area contributed by atoms with Gasteiger partial charge in [0, 0.05) is 19.2 Å². The van der Waals surface area contributed by atoms with Gasteiger partial charge >= 0.3 is 0 Å². The maximum Gasteiger partial charge on any atom is 0.234 e. The molecule has 146 valence electrons. The zero-order valence-corrected chi connectivity index (χ0v) is 17.1. The number of thioether (sulfide) groups is 1. The molecule has 3 aromatic rings. The first-order valence-electron chi connectivity index (χ1n) is 9.11. The second-order valence-electron chi connectivity index (χ2n) is 6.37. The number of carbonyl (C=O) groups excluding carboxylic acids is 1. The first-order valence-corrected chi connectivity index (χ1v) is 10.1. The fraction of sp³-hybridized carbons (Fsp3) is 0.286. The highest BCUT2D eigenvalue weighted by atomic mass is 32.2. The van der Waals surface area contributed by atoms with Gasteiger partial charge in [0.25, 0.3) is 0 Å². The Morgan fingerprint density at radius 3 is 2.39 bits per heavy atom. The molecule has 6 nitrogen and oxygen atoms in total. The molecule has 0 fully saturated rings. The van der Waals surface area contributed by atoms with Crippen LogP contribution in [0.3, 0.4) is 0 Å². The standard InChI is InChI=1S/C21H24N4O2S/c1-4-15-5-9-17(10-6-15)22-20(26)14-28-21-24-23-19(25(21)2)13-16-7-11-18(27-3)12-8-16/h5-12H,4,13-14H2,1-3H3,(H,22,26). The van der Waals surface area contributed by atoms with Crippen molar-refractivity contribution in [3.05, 3.63) is 65.5 Å². The van der Waals surface area contributed by atoms with E-state index in [9.17, 15) is 4.79 Å². The lowest BCUT2D eigenvalue weighted by Crippen LogP contribution is -2.14. The topological polar surface area (TPSA) is 69.0 Å². The van der Waals surface area contributed by atoms with Crippen molar-refractivity contribution in [3.8, 4) is 5.75 Å². The van der Waals surface area contributed by atoms with Gasteiger partial charge in [-0.2, -0.15) is 0 Å². The summed E-state index contributed by atoms with van der Waals surface area (Å²) >= 11 is 1.38. The van der Waals surface area contributed by atoms with Crippen LogP contribution in [0.5, 0.6) is 5.75 Å². The number of aromatic nitrogens is 3. The first-order chi connectivity index (χ1) is 13.6. The van der Waals surface area contributed by atoms with E-state index >= 15 is 0 Å². The summed E-state index contributed by atoms with van der Waals surface area (Å²) in [5.41, 5.74) is 3.18. The molecule has 0 radical (unpaired) electrons. The summed E-state index contributed by atoms with van der Waals surface area (Å²) in [6.07, 6.45) is 1.65. The van der Waals surface area contributed by atoms with E-state index in [0.717, 1.165) is 34.4 Å². The number of aryl methyl sites for hydroxylation is 1. The Bertz CT molecular complexity index is 921. The molecule has 0 aliphatic rings.